The van der Waals surface area contributed by atoms with Gasteiger partial charge in [0, 0.05) is 12.2 Å². The molecular formula is C11H13N5O. The van der Waals surface area contributed by atoms with Gasteiger partial charge in [-0.05, 0) is 19.9 Å². The molecule has 6 nitrogen and oxygen atoms in total. The Balaban J connectivity index is 2.16. The first-order chi connectivity index (χ1) is 8.18. The monoisotopic (exact) mass is 231 g/mol. The number of hydrogen-bond acceptors (Lipinski definition) is 5. The van der Waals surface area contributed by atoms with E-state index in [1.807, 2.05) is 13.8 Å². The Morgan fingerprint density at radius 3 is 2.82 bits per heavy atom. The van der Waals surface area contributed by atoms with Gasteiger partial charge >= 0.3 is 0 Å². The topological polar surface area (TPSA) is 73.6 Å². The van der Waals surface area contributed by atoms with E-state index in [1.165, 1.54) is 12.7 Å². The summed E-state index contributed by atoms with van der Waals surface area (Å²) in [5.41, 5.74) is 0.401. The molecule has 2 aromatic rings. The number of ketones is 1. The SMILES string of the molecule is CC(C)n1ncnc1CC(=O)c1ccncn1. The van der Waals surface area contributed by atoms with E-state index in [-0.39, 0.29) is 18.2 Å². The van der Waals surface area contributed by atoms with Crippen LogP contribution in [0.25, 0.3) is 0 Å². The molecule has 0 fully saturated rings. The van der Waals surface area contributed by atoms with Gasteiger partial charge in [-0.15, -0.1) is 0 Å². The zero-order chi connectivity index (χ0) is 12.3. The summed E-state index contributed by atoms with van der Waals surface area (Å²) in [5.74, 6) is 0.575. The number of nitrogens with zero attached hydrogens (tertiary/aromatic N) is 5. The van der Waals surface area contributed by atoms with Crippen LogP contribution >= 0.6 is 0 Å². The van der Waals surface area contributed by atoms with Crippen molar-refractivity contribution in [1.82, 2.24) is 24.7 Å². The molecule has 88 valence electrons. The van der Waals surface area contributed by atoms with Crippen LogP contribution in [0.3, 0.4) is 0 Å². The van der Waals surface area contributed by atoms with Gasteiger partial charge in [0.05, 0.1) is 6.42 Å². The van der Waals surface area contributed by atoms with Crippen LogP contribution in [0.15, 0.2) is 24.9 Å². The van der Waals surface area contributed by atoms with Gasteiger partial charge in [0.2, 0.25) is 0 Å². The molecule has 0 unspecified atom stereocenters. The van der Waals surface area contributed by atoms with Crippen LogP contribution in [-0.4, -0.2) is 30.5 Å². The fourth-order valence-electron chi connectivity index (χ4n) is 1.52. The Kier molecular flexibility index (Phi) is 3.22. The molecule has 0 radical (unpaired) electrons. The van der Waals surface area contributed by atoms with Crippen LogP contribution in [0.1, 0.15) is 36.2 Å². The third-order valence-electron chi connectivity index (χ3n) is 2.32. The van der Waals surface area contributed by atoms with Gasteiger partial charge in [-0.1, -0.05) is 0 Å². The highest BCUT2D eigenvalue weighted by molar-refractivity contribution is 5.95. The first-order valence-corrected chi connectivity index (χ1v) is 5.36. The van der Waals surface area contributed by atoms with Crippen molar-refractivity contribution in [3.8, 4) is 0 Å². The normalized spacial score (nSPS) is 10.8. The number of carbonyl (C=O) groups is 1. The number of aromatic nitrogens is 5. The van der Waals surface area contributed by atoms with Crippen molar-refractivity contribution >= 4 is 5.78 Å². The van der Waals surface area contributed by atoms with Gasteiger partial charge in [0.15, 0.2) is 5.78 Å². The molecule has 0 amide bonds. The molecule has 0 aliphatic heterocycles. The summed E-state index contributed by atoms with van der Waals surface area (Å²) in [4.78, 5) is 23.7. The van der Waals surface area contributed by atoms with Crippen molar-refractivity contribution in [2.45, 2.75) is 26.3 Å². The second-order valence-corrected chi connectivity index (χ2v) is 3.91. The lowest BCUT2D eigenvalue weighted by Gasteiger charge is -2.08. The molecular weight excluding hydrogens is 218 g/mol. The lowest BCUT2D eigenvalue weighted by atomic mass is 10.2. The van der Waals surface area contributed by atoms with Gasteiger partial charge < -0.3 is 0 Å². The van der Waals surface area contributed by atoms with Gasteiger partial charge in [-0.3, -0.25) is 4.79 Å². The van der Waals surface area contributed by atoms with Crippen molar-refractivity contribution in [2.75, 3.05) is 0 Å². The highest BCUT2D eigenvalue weighted by Gasteiger charge is 2.14. The van der Waals surface area contributed by atoms with Crippen LogP contribution in [0.4, 0.5) is 0 Å². The van der Waals surface area contributed by atoms with Crippen molar-refractivity contribution in [2.24, 2.45) is 0 Å². The number of hydrogen-bond donors (Lipinski definition) is 0. The Morgan fingerprint density at radius 1 is 1.35 bits per heavy atom. The summed E-state index contributed by atoms with van der Waals surface area (Å²) in [5, 5.41) is 4.08. The molecule has 0 N–H and O–H groups in total. The number of Topliss-reactive ketones (excluding diaryl/α,β-unsaturated/α-hetero) is 1. The van der Waals surface area contributed by atoms with Crippen molar-refractivity contribution < 1.29 is 4.79 Å². The molecule has 0 aromatic carbocycles. The minimum Gasteiger partial charge on any atom is -0.292 e. The maximum atomic E-state index is 11.9. The van der Waals surface area contributed by atoms with E-state index < -0.39 is 0 Å². The molecule has 0 aliphatic carbocycles. The summed E-state index contributed by atoms with van der Waals surface area (Å²) in [6.45, 7) is 3.99. The van der Waals surface area contributed by atoms with Crippen molar-refractivity contribution in [3.05, 3.63) is 36.4 Å². The fourth-order valence-corrected chi connectivity index (χ4v) is 1.52. The standard InChI is InChI=1S/C11H13N5O/c1-8(2)16-11(14-7-15-16)5-10(17)9-3-4-12-6-13-9/h3-4,6-8H,5H2,1-2H3. The van der Waals surface area contributed by atoms with Crippen LogP contribution in [-0.2, 0) is 6.42 Å². The van der Waals surface area contributed by atoms with E-state index in [1.54, 1.807) is 16.9 Å². The molecule has 2 aromatic heterocycles. The van der Waals surface area contributed by atoms with E-state index in [9.17, 15) is 4.79 Å². The molecule has 2 heterocycles. The van der Waals surface area contributed by atoms with Crippen molar-refractivity contribution in [1.29, 1.82) is 0 Å². The molecule has 6 heteroatoms. The zero-order valence-electron chi connectivity index (χ0n) is 9.74. The van der Waals surface area contributed by atoms with Crippen LogP contribution < -0.4 is 0 Å². The molecule has 0 spiro atoms. The van der Waals surface area contributed by atoms with E-state index in [0.717, 1.165) is 0 Å². The highest BCUT2D eigenvalue weighted by Crippen LogP contribution is 2.08. The third kappa shape index (κ3) is 2.52. The lowest BCUT2D eigenvalue weighted by Crippen LogP contribution is -2.14. The maximum Gasteiger partial charge on any atom is 0.188 e. The van der Waals surface area contributed by atoms with Crippen LogP contribution in [0.2, 0.25) is 0 Å². The van der Waals surface area contributed by atoms with Crippen LogP contribution in [0, 0.1) is 0 Å². The third-order valence-corrected chi connectivity index (χ3v) is 2.32. The highest BCUT2D eigenvalue weighted by atomic mass is 16.1. The summed E-state index contributed by atoms with van der Waals surface area (Å²) < 4.78 is 1.74. The quantitative estimate of drug-likeness (QED) is 0.736. The minimum atomic E-state index is -0.0812. The largest absolute Gasteiger partial charge is 0.292 e. The molecule has 2 rings (SSSR count). The second kappa shape index (κ2) is 4.82. The Labute approximate surface area is 98.7 Å². The molecule has 0 aliphatic rings. The van der Waals surface area contributed by atoms with Gasteiger partial charge in [-0.2, -0.15) is 5.10 Å². The average Bonchev–Trinajstić information content (AvgIpc) is 2.78. The summed E-state index contributed by atoms with van der Waals surface area (Å²) in [6.07, 6.45) is 4.57. The van der Waals surface area contributed by atoms with E-state index >= 15 is 0 Å². The van der Waals surface area contributed by atoms with E-state index in [4.69, 9.17) is 0 Å². The van der Waals surface area contributed by atoms with E-state index in [2.05, 4.69) is 20.1 Å². The lowest BCUT2D eigenvalue weighted by molar-refractivity contribution is 0.0984. The fraction of sp³-hybridized carbons (Fsp3) is 0.364. The number of rotatable bonds is 4. The molecule has 0 saturated heterocycles. The Morgan fingerprint density at radius 2 is 2.18 bits per heavy atom. The number of carbonyl (C=O) groups excluding carboxylic acids is 1. The Hall–Kier alpha value is -2.11. The summed E-state index contributed by atoms with van der Waals surface area (Å²) in [6, 6.07) is 1.78. The van der Waals surface area contributed by atoms with E-state index in [0.29, 0.717) is 11.5 Å². The molecule has 0 atom stereocenters. The first kappa shape index (κ1) is 11.4. The predicted octanol–water partition coefficient (Wildman–Crippen LogP) is 1.07. The van der Waals surface area contributed by atoms with Gasteiger partial charge in [0.25, 0.3) is 0 Å². The average molecular weight is 231 g/mol. The molecule has 0 saturated carbocycles. The van der Waals surface area contributed by atoms with Crippen LogP contribution in [0.5, 0.6) is 0 Å². The predicted molar refractivity (Wildman–Crippen MR) is 60.5 cm³/mol. The maximum absolute atomic E-state index is 11.9. The van der Waals surface area contributed by atoms with Gasteiger partial charge in [-0.25, -0.2) is 19.6 Å². The molecule has 0 bridgehead atoms. The zero-order valence-corrected chi connectivity index (χ0v) is 9.74. The summed E-state index contributed by atoms with van der Waals surface area (Å²) in [7, 11) is 0. The minimum absolute atomic E-state index is 0.0812. The second-order valence-electron chi connectivity index (χ2n) is 3.91. The molecule has 17 heavy (non-hydrogen) atoms. The van der Waals surface area contributed by atoms with Gasteiger partial charge in [0.1, 0.15) is 24.2 Å². The smallest absolute Gasteiger partial charge is 0.188 e. The Bertz CT molecular complexity index is 506. The first-order valence-electron chi connectivity index (χ1n) is 5.36. The summed E-state index contributed by atoms with van der Waals surface area (Å²) >= 11 is 0. The van der Waals surface area contributed by atoms with Crippen molar-refractivity contribution in [3.63, 3.8) is 0 Å².